The third-order valence-corrected chi connectivity index (χ3v) is 6.04. The van der Waals surface area contributed by atoms with Gasteiger partial charge >= 0.3 is 0 Å². The highest BCUT2D eigenvalue weighted by atomic mass is 19.1. The number of hydrogen-bond acceptors (Lipinski definition) is 5. The van der Waals surface area contributed by atoms with E-state index >= 15 is 0 Å². The van der Waals surface area contributed by atoms with Crippen molar-refractivity contribution in [2.45, 2.75) is 19.4 Å². The van der Waals surface area contributed by atoms with Gasteiger partial charge in [-0.15, -0.1) is 0 Å². The molecule has 0 radical (unpaired) electrons. The minimum atomic E-state index is -0.223. The lowest BCUT2D eigenvalue weighted by Gasteiger charge is -2.32. The highest BCUT2D eigenvalue weighted by Gasteiger charge is 2.28. The Morgan fingerprint density at radius 2 is 2.19 bits per heavy atom. The van der Waals surface area contributed by atoms with Crippen molar-refractivity contribution in [2.24, 2.45) is 0 Å². The summed E-state index contributed by atoms with van der Waals surface area (Å²) >= 11 is 0. The van der Waals surface area contributed by atoms with Gasteiger partial charge in [-0.05, 0) is 42.3 Å². The van der Waals surface area contributed by atoms with Crippen LogP contribution in [0.15, 0.2) is 47.0 Å². The Labute approximate surface area is 178 Å². The number of ether oxygens (including phenoxy) is 2. The molecule has 6 nitrogen and oxygen atoms in total. The number of nitrogens with zero attached hydrogens (tertiary/aromatic N) is 2. The molecule has 0 saturated heterocycles. The van der Waals surface area contributed by atoms with E-state index < -0.39 is 0 Å². The van der Waals surface area contributed by atoms with E-state index in [1.54, 1.807) is 6.07 Å². The summed E-state index contributed by atoms with van der Waals surface area (Å²) in [6.07, 6.45) is 5.09. The Balaban J connectivity index is 1.17. The van der Waals surface area contributed by atoms with Crippen LogP contribution < -0.4 is 9.47 Å². The number of fused-ring (bicyclic) bond motifs is 4. The van der Waals surface area contributed by atoms with Crippen molar-refractivity contribution in [1.82, 2.24) is 14.9 Å². The van der Waals surface area contributed by atoms with Crippen LogP contribution in [0.25, 0.3) is 27.6 Å². The molecule has 1 unspecified atom stereocenters. The molecule has 2 aliphatic rings. The zero-order valence-corrected chi connectivity index (χ0v) is 17.2. The summed E-state index contributed by atoms with van der Waals surface area (Å²) in [7, 11) is 0. The molecule has 158 valence electrons. The lowest BCUT2D eigenvalue weighted by Crippen LogP contribution is -2.42. The second kappa shape index (κ2) is 7.13. The molecular formula is C24H22FN3O3. The summed E-state index contributed by atoms with van der Waals surface area (Å²) in [5.41, 5.74) is 4.71. The van der Waals surface area contributed by atoms with Gasteiger partial charge in [-0.2, -0.15) is 0 Å². The second-order valence-electron chi connectivity index (χ2n) is 8.16. The first-order chi connectivity index (χ1) is 15.1. The minimum absolute atomic E-state index is 0.0745. The number of nitrogens with one attached hydrogen (secondary N) is 1. The van der Waals surface area contributed by atoms with Crippen LogP contribution in [0.5, 0.6) is 11.5 Å². The monoisotopic (exact) mass is 419 g/mol. The fraction of sp³-hybridized carbons (Fsp3) is 0.292. The van der Waals surface area contributed by atoms with Gasteiger partial charge in [0.15, 0.2) is 11.6 Å². The molecule has 0 aliphatic carbocycles. The lowest BCUT2D eigenvalue weighted by molar-refractivity contribution is 0.0621. The van der Waals surface area contributed by atoms with Gasteiger partial charge in [0.2, 0.25) is 11.3 Å². The Morgan fingerprint density at radius 3 is 3.06 bits per heavy atom. The van der Waals surface area contributed by atoms with E-state index in [1.807, 2.05) is 31.3 Å². The first-order valence-corrected chi connectivity index (χ1v) is 10.5. The van der Waals surface area contributed by atoms with Crippen molar-refractivity contribution in [3.63, 3.8) is 0 Å². The number of H-pyrrole nitrogens is 1. The molecule has 2 aromatic carbocycles. The van der Waals surface area contributed by atoms with Gasteiger partial charge in [-0.25, -0.2) is 9.37 Å². The quantitative estimate of drug-likeness (QED) is 0.522. The lowest BCUT2D eigenvalue weighted by atomic mass is 9.98. The molecule has 4 heterocycles. The van der Waals surface area contributed by atoms with Crippen molar-refractivity contribution in [3.8, 4) is 11.5 Å². The molecule has 1 atom stereocenters. The Kier molecular flexibility index (Phi) is 4.24. The molecule has 2 aromatic heterocycles. The van der Waals surface area contributed by atoms with E-state index in [-0.39, 0.29) is 11.9 Å². The summed E-state index contributed by atoms with van der Waals surface area (Å²) in [6, 6.07) is 8.68. The van der Waals surface area contributed by atoms with Gasteiger partial charge in [-0.3, -0.25) is 4.90 Å². The average molecular weight is 419 g/mol. The van der Waals surface area contributed by atoms with Crippen LogP contribution in [0.3, 0.4) is 0 Å². The fourth-order valence-electron chi connectivity index (χ4n) is 4.53. The normalized spacial score (nSPS) is 19.2. The number of halogens is 1. The number of benzene rings is 2. The van der Waals surface area contributed by atoms with Gasteiger partial charge in [-0.1, -0.05) is 6.08 Å². The number of hydrogen-bond donors (Lipinski definition) is 1. The van der Waals surface area contributed by atoms with Crippen LogP contribution in [0.4, 0.5) is 4.39 Å². The predicted octanol–water partition coefficient (Wildman–Crippen LogP) is 4.69. The highest BCUT2D eigenvalue weighted by molar-refractivity contribution is 5.92. The van der Waals surface area contributed by atoms with Crippen LogP contribution >= 0.6 is 0 Å². The van der Waals surface area contributed by atoms with Gasteiger partial charge in [0.1, 0.15) is 24.0 Å². The van der Waals surface area contributed by atoms with E-state index in [0.29, 0.717) is 29.6 Å². The zero-order chi connectivity index (χ0) is 20.9. The maximum atomic E-state index is 13.5. The van der Waals surface area contributed by atoms with E-state index in [9.17, 15) is 4.39 Å². The van der Waals surface area contributed by atoms with Crippen molar-refractivity contribution in [1.29, 1.82) is 0 Å². The first kappa shape index (κ1) is 18.4. The molecule has 4 aromatic rings. The van der Waals surface area contributed by atoms with Crippen molar-refractivity contribution < 1.29 is 18.3 Å². The Hall–Kier alpha value is -3.32. The topological polar surface area (TPSA) is 63.5 Å². The van der Waals surface area contributed by atoms with Crippen LogP contribution in [0.1, 0.15) is 17.9 Å². The number of aromatic nitrogens is 2. The largest absolute Gasteiger partial charge is 0.486 e. The van der Waals surface area contributed by atoms with E-state index in [1.165, 1.54) is 11.6 Å². The number of rotatable bonds is 3. The maximum absolute atomic E-state index is 13.5. The highest BCUT2D eigenvalue weighted by Crippen LogP contribution is 2.39. The third kappa shape index (κ3) is 3.25. The van der Waals surface area contributed by atoms with E-state index in [4.69, 9.17) is 13.9 Å². The molecule has 31 heavy (non-hydrogen) atoms. The number of aryl methyl sites for hydroxylation is 1. The molecule has 0 fully saturated rings. The molecule has 0 bridgehead atoms. The second-order valence-corrected chi connectivity index (χ2v) is 8.16. The van der Waals surface area contributed by atoms with Crippen molar-refractivity contribution >= 4 is 27.6 Å². The first-order valence-electron chi connectivity index (χ1n) is 10.5. The van der Waals surface area contributed by atoms with Crippen LogP contribution in [-0.4, -0.2) is 47.2 Å². The van der Waals surface area contributed by atoms with E-state index in [0.717, 1.165) is 48.0 Å². The number of oxazole rings is 1. The number of aromatic amines is 1. The Morgan fingerprint density at radius 1 is 1.26 bits per heavy atom. The molecule has 7 heteroatoms. The van der Waals surface area contributed by atoms with Gasteiger partial charge in [0, 0.05) is 49.2 Å². The van der Waals surface area contributed by atoms with Crippen molar-refractivity contribution in [3.05, 3.63) is 59.9 Å². The van der Waals surface area contributed by atoms with Crippen LogP contribution in [0, 0.1) is 12.7 Å². The van der Waals surface area contributed by atoms with Gasteiger partial charge in [0.25, 0.3) is 0 Å². The van der Waals surface area contributed by atoms with Crippen LogP contribution in [0.2, 0.25) is 0 Å². The molecule has 6 rings (SSSR count). The van der Waals surface area contributed by atoms with E-state index in [2.05, 4.69) is 20.9 Å². The zero-order valence-electron chi connectivity index (χ0n) is 17.2. The SMILES string of the molecule is Cc1nc2ccc3c(c2o1)OC(CN1CC=C(c2c[nH]c4cc(F)ccc24)CC1)CO3. The summed E-state index contributed by atoms with van der Waals surface area (Å²) in [5, 5.41) is 1.06. The molecule has 0 spiro atoms. The third-order valence-electron chi connectivity index (χ3n) is 6.04. The summed E-state index contributed by atoms with van der Waals surface area (Å²) < 4.78 is 31.4. The smallest absolute Gasteiger partial charge is 0.207 e. The Bertz CT molecular complexity index is 1320. The molecule has 2 aliphatic heterocycles. The predicted molar refractivity (Wildman–Crippen MR) is 116 cm³/mol. The molecule has 1 N–H and O–H groups in total. The molecule has 0 amide bonds. The summed E-state index contributed by atoms with van der Waals surface area (Å²) in [5.74, 6) is 1.74. The fourth-order valence-corrected chi connectivity index (χ4v) is 4.53. The van der Waals surface area contributed by atoms with Gasteiger partial charge < -0.3 is 18.9 Å². The van der Waals surface area contributed by atoms with Gasteiger partial charge in [0.05, 0.1) is 0 Å². The van der Waals surface area contributed by atoms with Crippen LogP contribution in [-0.2, 0) is 0 Å². The molecule has 0 saturated carbocycles. The minimum Gasteiger partial charge on any atom is -0.486 e. The average Bonchev–Trinajstić information content (AvgIpc) is 3.37. The summed E-state index contributed by atoms with van der Waals surface area (Å²) in [6.45, 7) is 4.87. The standard InChI is InChI=1S/C24H22FN3O3/c1-14-27-20-4-5-22-24(23(20)30-14)31-17(13-29-22)12-28-8-6-15(7-9-28)19-11-26-21-10-16(25)2-3-18(19)21/h2-6,10-11,17,26H,7-9,12-13H2,1H3. The van der Waals surface area contributed by atoms with Crippen molar-refractivity contribution in [2.75, 3.05) is 26.2 Å². The summed E-state index contributed by atoms with van der Waals surface area (Å²) in [4.78, 5) is 9.93. The molecular weight excluding hydrogens is 397 g/mol. The maximum Gasteiger partial charge on any atom is 0.207 e.